The van der Waals surface area contributed by atoms with Crippen molar-refractivity contribution < 1.29 is 9.53 Å². The Hall–Kier alpha value is -2.81. The molecule has 3 aromatic carbocycles. The van der Waals surface area contributed by atoms with Crippen LogP contribution in [0.15, 0.2) is 66.7 Å². The van der Waals surface area contributed by atoms with E-state index in [9.17, 15) is 4.79 Å². The molecule has 132 valence electrons. The summed E-state index contributed by atoms with van der Waals surface area (Å²) in [5.74, 6) is 1.01. The zero-order valence-electron chi connectivity index (χ0n) is 14.9. The molecule has 0 unspecified atom stereocenters. The number of likely N-dealkylation sites (tertiary alicyclic amines) is 1. The van der Waals surface area contributed by atoms with E-state index in [1.54, 1.807) is 0 Å². The Morgan fingerprint density at radius 1 is 0.885 bits per heavy atom. The molecule has 0 bridgehead atoms. The van der Waals surface area contributed by atoms with Gasteiger partial charge in [-0.25, -0.2) is 0 Å². The second-order valence-electron chi connectivity index (χ2n) is 6.82. The predicted molar refractivity (Wildman–Crippen MR) is 104 cm³/mol. The maximum atomic E-state index is 12.7. The summed E-state index contributed by atoms with van der Waals surface area (Å²) in [7, 11) is 0. The lowest BCUT2D eigenvalue weighted by Gasteiger charge is -2.26. The quantitative estimate of drug-likeness (QED) is 0.662. The summed E-state index contributed by atoms with van der Waals surface area (Å²) in [6.45, 7) is 2.19. The standard InChI is InChI=1S/C23H23NO2/c25-23(24-14-4-1-5-15-24)20-11-6-8-18(16-20)17-26-22-13-7-10-19-9-2-3-12-21(19)22/h2-3,6-13,16H,1,4-5,14-15,17H2. The first-order valence-corrected chi connectivity index (χ1v) is 9.30. The van der Waals surface area contributed by atoms with Gasteiger partial charge in [0.15, 0.2) is 0 Å². The van der Waals surface area contributed by atoms with Crippen LogP contribution in [0.25, 0.3) is 10.8 Å². The first-order valence-electron chi connectivity index (χ1n) is 9.30. The Balaban J connectivity index is 1.49. The summed E-state index contributed by atoms with van der Waals surface area (Å²) < 4.78 is 6.06. The van der Waals surface area contributed by atoms with Crippen molar-refractivity contribution in [3.05, 3.63) is 77.9 Å². The molecule has 3 nitrogen and oxygen atoms in total. The molecule has 0 radical (unpaired) electrons. The van der Waals surface area contributed by atoms with Gasteiger partial charge in [0.05, 0.1) is 0 Å². The van der Waals surface area contributed by atoms with Gasteiger partial charge in [-0.1, -0.05) is 48.5 Å². The van der Waals surface area contributed by atoms with Crippen molar-refractivity contribution in [1.82, 2.24) is 4.90 Å². The number of rotatable bonds is 4. The lowest BCUT2D eigenvalue weighted by Crippen LogP contribution is -2.35. The highest BCUT2D eigenvalue weighted by Gasteiger charge is 2.18. The summed E-state index contributed by atoms with van der Waals surface area (Å²) >= 11 is 0. The van der Waals surface area contributed by atoms with E-state index in [0.29, 0.717) is 6.61 Å². The second kappa shape index (κ2) is 7.61. The topological polar surface area (TPSA) is 29.5 Å². The molecule has 0 N–H and O–H groups in total. The van der Waals surface area contributed by atoms with Gasteiger partial charge >= 0.3 is 0 Å². The van der Waals surface area contributed by atoms with Crippen molar-refractivity contribution in [3.63, 3.8) is 0 Å². The molecule has 1 heterocycles. The number of ether oxygens (including phenoxy) is 1. The van der Waals surface area contributed by atoms with Crippen molar-refractivity contribution in [1.29, 1.82) is 0 Å². The van der Waals surface area contributed by atoms with Crippen molar-refractivity contribution in [3.8, 4) is 5.75 Å². The summed E-state index contributed by atoms with van der Waals surface area (Å²) in [5, 5.41) is 2.27. The number of hydrogen-bond acceptors (Lipinski definition) is 2. The number of fused-ring (bicyclic) bond motifs is 1. The third-order valence-electron chi connectivity index (χ3n) is 4.96. The number of hydrogen-bond donors (Lipinski definition) is 0. The van der Waals surface area contributed by atoms with Crippen molar-refractivity contribution >= 4 is 16.7 Å². The fourth-order valence-electron chi connectivity index (χ4n) is 3.56. The average Bonchev–Trinajstić information content (AvgIpc) is 2.72. The highest BCUT2D eigenvalue weighted by Crippen LogP contribution is 2.26. The number of nitrogens with zero attached hydrogens (tertiary/aromatic N) is 1. The van der Waals surface area contributed by atoms with Gasteiger partial charge in [0, 0.05) is 24.0 Å². The average molecular weight is 345 g/mol. The molecular weight excluding hydrogens is 322 g/mol. The molecule has 1 aliphatic rings. The Morgan fingerprint density at radius 3 is 2.54 bits per heavy atom. The van der Waals surface area contributed by atoms with Gasteiger partial charge in [0.25, 0.3) is 5.91 Å². The maximum Gasteiger partial charge on any atom is 0.253 e. The van der Waals surface area contributed by atoms with Gasteiger partial charge in [-0.15, -0.1) is 0 Å². The SMILES string of the molecule is O=C(c1cccc(COc2cccc3ccccc23)c1)N1CCCCC1. The van der Waals surface area contributed by atoms with Crippen molar-refractivity contribution in [2.75, 3.05) is 13.1 Å². The van der Waals surface area contributed by atoms with Crippen LogP contribution in [-0.4, -0.2) is 23.9 Å². The van der Waals surface area contributed by atoms with Gasteiger partial charge in [0.1, 0.15) is 12.4 Å². The van der Waals surface area contributed by atoms with E-state index >= 15 is 0 Å². The highest BCUT2D eigenvalue weighted by molar-refractivity contribution is 5.94. The molecule has 1 aliphatic heterocycles. The molecule has 3 aromatic rings. The van der Waals surface area contributed by atoms with Gasteiger partial charge in [-0.3, -0.25) is 4.79 Å². The molecule has 0 atom stereocenters. The first-order chi connectivity index (χ1) is 12.8. The zero-order chi connectivity index (χ0) is 17.8. The van der Waals surface area contributed by atoms with E-state index in [2.05, 4.69) is 18.2 Å². The number of carbonyl (C=O) groups excluding carboxylic acids is 1. The molecule has 1 amide bonds. The zero-order valence-corrected chi connectivity index (χ0v) is 14.9. The van der Waals surface area contributed by atoms with E-state index in [0.717, 1.165) is 48.2 Å². The van der Waals surface area contributed by atoms with Crippen LogP contribution in [0.5, 0.6) is 5.75 Å². The van der Waals surface area contributed by atoms with Crippen LogP contribution in [0, 0.1) is 0 Å². The van der Waals surface area contributed by atoms with Crippen LogP contribution < -0.4 is 4.74 Å². The monoisotopic (exact) mass is 345 g/mol. The fraction of sp³-hybridized carbons (Fsp3) is 0.261. The minimum atomic E-state index is 0.136. The minimum Gasteiger partial charge on any atom is -0.488 e. The number of piperidine rings is 1. The molecular formula is C23H23NO2. The molecule has 0 spiro atoms. The molecule has 0 aliphatic carbocycles. The highest BCUT2D eigenvalue weighted by atomic mass is 16.5. The summed E-state index contributed by atoms with van der Waals surface area (Å²) in [6.07, 6.45) is 3.44. The van der Waals surface area contributed by atoms with E-state index in [4.69, 9.17) is 4.74 Å². The third kappa shape index (κ3) is 3.57. The maximum absolute atomic E-state index is 12.7. The Kier molecular flexibility index (Phi) is 4.87. The molecule has 26 heavy (non-hydrogen) atoms. The van der Waals surface area contributed by atoms with Crippen LogP contribution in [0.1, 0.15) is 35.2 Å². The Bertz CT molecular complexity index is 907. The summed E-state index contributed by atoms with van der Waals surface area (Å²) in [5.41, 5.74) is 1.77. The van der Waals surface area contributed by atoms with Gasteiger partial charge in [-0.05, 0) is 48.4 Å². The molecule has 0 aromatic heterocycles. The Labute approximate surface area is 154 Å². The van der Waals surface area contributed by atoms with Crippen LogP contribution in [0.3, 0.4) is 0 Å². The lowest BCUT2D eigenvalue weighted by molar-refractivity contribution is 0.0724. The molecule has 0 saturated carbocycles. The fourth-order valence-corrected chi connectivity index (χ4v) is 3.56. The van der Waals surface area contributed by atoms with E-state index in [1.807, 2.05) is 53.4 Å². The number of carbonyl (C=O) groups is 1. The summed E-state index contributed by atoms with van der Waals surface area (Å²) in [4.78, 5) is 14.7. The van der Waals surface area contributed by atoms with Crippen molar-refractivity contribution in [2.45, 2.75) is 25.9 Å². The third-order valence-corrected chi connectivity index (χ3v) is 4.96. The smallest absolute Gasteiger partial charge is 0.253 e. The number of amides is 1. The van der Waals surface area contributed by atoms with Crippen LogP contribution in [0.2, 0.25) is 0 Å². The van der Waals surface area contributed by atoms with E-state index in [1.165, 1.54) is 11.8 Å². The predicted octanol–water partition coefficient (Wildman–Crippen LogP) is 5.04. The second-order valence-corrected chi connectivity index (χ2v) is 6.82. The lowest BCUT2D eigenvalue weighted by atomic mass is 10.1. The number of benzene rings is 3. The van der Waals surface area contributed by atoms with Gasteiger partial charge in [0.2, 0.25) is 0 Å². The molecule has 1 fully saturated rings. The van der Waals surface area contributed by atoms with E-state index < -0.39 is 0 Å². The summed E-state index contributed by atoms with van der Waals surface area (Å²) in [6, 6.07) is 22.1. The molecule has 1 saturated heterocycles. The molecule has 3 heteroatoms. The van der Waals surface area contributed by atoms with Crippen LogP contribution in [0.4, 0.5) is 0 Å². The minimum absolute atomic E-state index is 0.136. The Morgan fingerprint density at radius 2 is 1.65 bits per heavy atom. The van der Waals surface area contributed by atoms with Gasteiger partial charge < -0.3 is 9.64 Å². The van der Waals surface area contributed by atoms with Crippen LogP contribution in [-0.2, 0) is 6.61 Å². The normalized spacial score (nSPS) is 14.4. The van der Waals surface area contributed by atoms with E-state index in [-0.39, 0.29) is 5.91 Å². The van der Waals surface area contributed by atoms with Gasteiger partial charge in [-0.2, -0.15) is 0 Å². The first kappa shape index (κ1) is 16.6. The molecule has 4 rings (SSSR count). The van der Waals surface area contributed by atoms with Crippen LogP contribution >= 0.6 is 0 Å². The largest absolute Gasteiger partial charge is 0.488 e. The van der Waals surface area contributed by atoms with Crippen molar-refractivity contribution in [2.24, 2.45) is 0 Å².